The fourth-order valence-corrected chi connectivity index (χ4v) is 2.87. The first-order valence-corrected chi connectivity index (χ1v) is 5.45. The van der Waals surface area contributed by atoms with Crippen molar-refractivity contribution in [3.8, 4) is 0 Å². The Morgan fingerprint density at radius 2 is 2.17 bits per heavy atom. The van der Waals surface area contributed by atoms with Crippen LogP contribution in [0, 0.1) is 0 Å². The van der Waals surface area contributed by atoms with Gasteiger partial charge in [-0.1, -0.05) is 6.92 Å². The summed E-state index contributed by atoms with van der Waals surface area (Å²) in [5.74, 6) is 0.954. The van der Waals surface area contributed by atoms with Gasteiger partial charge in [0.15, 0.2) is 0 Å². The normalized spacial score (nSPS) is 25.2. The smallest absolute Gasteiger partial charge is 0.233 e. The summed E-state index contributed by atoms with van der Waals surface area (Å²) in [5.41, 5.74) is -0.0126. The van der Waals surface area contributed by atoms with Crippen molar-refractivity contribution in [2.24, 2.45) is 0 Å². The molecule has 0 N–H and O–H groups in total. The Hall–Kier alpha value is -0.180. The van der Waals surface area contributed by atoms with E-state index in [2.05, 4.69) is 27.7 Å². The largest absolute Gasteiger partial charge is 0.325 e. The molecule has 3 heteroatoms. The Kier molecular flexibility index (Phi) is 2.71. The van der Waals surface area contributed by atoms with Crippen LogP contribution in [0.15, 0.2) is 0 Å². The molecular formula is C9H17NOS. The Morgan fingerprint density at radius 1 is 1.58 bits per heavy atom. The number of carbonyl (C=O) groups excluding carboxylic acids is 1. The minimum absolute atomic E-state index is 0.0126. The average molecular weight is 187 g/mol. The van der Waals surface area contributed by atoms with E-state index in [1.165, 1.54) is 0 Å². The lowest BCUT2D eigenvalue weighted by Crippen LogP contribution is -2.46. The topological polar surface area (TPSA) is 20.3 Å². The minimum Gasteiger partial charge on any atom is -0.325 e. The van der Waals surface area contributed by atoms with E-state index in [0.29, 0.717) is 17.0 Å². The van der Waals surface area contributed by atoms with Gasteiger partial charge in [-0.05, 0) is 27.2 Å². The average Bonchev–Trinajstić information content (AvgIpc) is 2.29. The summed E-state index contributed by atoms with van der Waals surface area (Å²) >= 11 is 1.76. The van der Waals surface area contributed by atoms with Gasteiger partial charge in [0.2, 0.25) is 5.91 Å². The highest BCUT2D eigenvalue weighted by molar-refractivity contribution is 8.00. The monoisotopic (exact) mass is 187 g/mol. The van der Waals surface area contributed by atoms with Gasteiger partial charge in [0.1, 0.15) is 0 Å². The van der Waals surface area contributed by atoms with E-state index >= 15 is 0 Å². The zero-order chi connectivity index (χ0) is 9.35. The van der Waals surface area contributed by atoms with Crippen molar-refractivity contribution in [1.82, 2.24) is 4.90 Å². The predicted molar refractivity (Wildman–Crippen MR) is 53.1 cm³/mol. The van der Waals surface area contributed by atoms with Crippen LogP contribution in [0.25, 0.3) is 0 Å². The van der Waals surface area contributed by atoms with Crippen LogP contribution in [0.3, 0.4) is 0 Å². The van der Waals surface area contributed by atoms with E-state index in [9.17, 15) is 4.79 Å². The lowest BCUT2D eigenvalue weighted by molar-refractivity contribution is -0.132. The van der Waals surface area contributed by atoms with Crippen molar-refractivity contribution < 1.29 is 4.79 Å². The maximum absolute atomic E-state index is 11.5. The van der Waals surface area contributed by atoms with E-state index in [-0.39, 0.29) is 5.54 Å². The molecule has 0 bridgehead atoms. The fraction of sp³-hybridized carbons (Fsp3) is 0.889. The second-order valence-corrected chi connectivity index (χ2v) is 5.27. The number of hydrogen-bond acceptors (Lipinski definition) is 2. The molecule has 0 aromatic heterocycles. The lowest BCUT2D eigenvalue weighted by Gasteiger charge is -2.36. The van der Waals surface area contributed by atoms with Crippen LogP contribution in [0.4, 0.5) is 0 Å². The number of thioether (sulfide) groups is 1. The summed E-state index contributed by atoms with van der Waals surface area (Å²) < 4.78 is 0. The quantitative estimate of drug-likeness (QED) is 0.626. The molecule has 0 spiro atoms. The maximum Gasteiger partial charge on any atom is 0.233 e. The lowest BCUT2D eigenvalue weighted by atomic mass is 10.1. The predicted octanol–water partition coefficient (Wildman–Crippen LogP) is 2.10. The van der Waals surface area contributed by atoms with Gasteiger partial charge in [-0.15, -0.1) is 11.8 Å². The van der Waals surface area contributed by atoms with Crippen LogP contribution in [0.2, 0.25) is 0 Å². The molecule has 0 aromatic carbocycles. The van der Waals surface area contributed by atoms with Crippen molar-refractivity contribution >= 4 is 17.7 Å². The SMILES string of the molecule is CCC1SCC(=O)N1C(C)(C)C. The summed E-state index contributed by atoms with van der Waals surface area (Å²) in [6.07, 6.45) is 1.05. The Morgan fingerprint density at radius 3 is 2.50 bits per heavy atom. The summed E-state index contributed by atoms with van der Waals surface area (Å²) in [5, 5.41) is 0.400. The molecule has 1 unspecified atom stereocenters. The number of carbonyl (C=O) groups is 1. The number of hydrogen-bond donors (Lipinski definition) is 0. The van der Waals surface area contributed by atoms with Crippen LogP contribution in [-0.2, 0) is 4.79 Å². The number of amides is 1. The summed E-state index contributed by atoms with van der Waals surface area (Å²) in [6.45, 7) is 8.42. The van der Waals surface area contributed by atoms with Crippen molar-refractivity contribution in [3.05, 3.63) is 0 Å². The van der Waals surface area contributed by atoms with E-state index in [4.69, 9.17) is 0 Å². The van der Waals surface area contributed by atoms with Gasteiger partial charge in [0.05, 0.1) is 11.1 Å². The maximum atomic E-state index is 11.5. The molecule has 1 saturated heterocycles. The molecule has 1 amide bonds. The molecule has 12 heavy (non-hydrogen) atoms. The van der Waals surface area contributed by atoms with Gasteiger partial charge < -0.3 is 4.90 Å². The molecular weight excluding hydrogens is 170 g/mol. The third-order valence-electron chi connectivity index (χ3n) is 2.03. The number of rotatable bonds is 1. The Bertz CT molecular complexity index is 185. The van der Waals surface area contributed by atoms with Gasteiger partial charge in [0, 0.05) is 5.54 Å². The molecule has 0 aliphatic carbocycles. The Balaban J connectivity index is 2.77. The van der Waals surface area contributed by atoms with Crippen molar-refractivity contribution in [2.45, 2.75) is 45.0 Å². The van der Waals surface area contributed by atoms with Gasteiger partial charge in [-0.25, -0.2) is 0 Å². The van der Waals surface area contributed by atoms with Gasteiger partial charge in [-0.3, -0.25) is 4.79 Å². The second kappa shape index (κ2) is 3.29. The van der Waals surface area contributed by atoms with E-state index in [1.54, 1.807) is 11.8 Å². The summed E-state index contributed by atoms with van der Waals surface area (Å²) in [4.78, 5) is 13.5. The Labute approximate surface area is 78.7 Å². The van der Waals surface area contributed by atoms with E-state index < -0.39 is 0 Å². The minimum atomic E-state index is -0.0126. The molecule has 1 atom stereocenters. The van der Waals surface area contributed by atoms with Crippen LogP contribution in [-0.4, -0.2) is 27.5 Å². The molecule has 1 aliphatic rings. The highest BCUT2D eigenvalue weighted by Gasteiger charge is 2.37. The van der Waals surface area contributed by atoms with E-state index in [0.717, 1.165) is 6.42 Å². The molecule has 2 nitrogen and oxygen atoms in total. The molecule has 0 aromatic rings. The zero-order valence-electron chi connectivity index (χ0n) is 8.26. The molecule has 0 saturated carbocycles. The molecule has 1 rings (SSSR count). The molecule has 1 fully saturated rings. The van der Waals surface area contributed by atoms with Crippen LogP contribution < -0.4 is 0 Å². The third-order valence-corrected chi connectivity index (χ3v) is 3.37. The van der Waals surface area contributed by atoms with Crippen LogP contribution >= 0.6 is 11.8 Å². The fourth-order valence-electron chi connectivity index (χ4n) is 1.58. The van der Waals surface area contributed by atoms with Gasteiger partial charge in [-0.2, -0.15) is 0 Å². The first-order valence-electron chi connectivity index (χ1n) is 4.40. The van der Waals surface area contributed by atoms with Crippen LogP contribution in [0.1, 0.15) is 34.1 Å². The number of nitrogens with zero attached hydrogens (tertiary/aromatic N) is 1. The highest BCUT2D eigenvalue weighted by atomic mass is 32.2. The zero-order valence-corrected chi connectivity index (χ0v) is 9.07. The van der Waals surface area contributed by atoms with Gasteiger partial charge >= 0.3 is 0 Å². The second-order valence-electron chi connectivity index (χ2n) is 4.11. The van der Waals surface area contributed by atoms with Crippen molar-refractivity contribution in [3.63, 3.8) is 0 Å². The van der Waals surface area contributed by atoms with Gasteiger partial charge in [0.25, 0.3) is 0 Å². The van der Waals surface area contributed by atoms with Crippen molar-refractivity contribution in [2.75, 3.05) is 5.75 Å². The first kappa shape index (κ1) is 9.90. The van der Waals surface area contributed by atoms with Crippen molar-refractivity contribution in [1.29, 1.82) is 0 Å². The standard InChI is InChI=1S/C9H17NOS/c1-5-8-10(9(2,3)4)7(11)6-12-8/h8H,5-6H2,1-4H3. The third kappa shape index (κ3) is 1.76. The summed E-state index contributed by atoms with van der Waals surface area (Å²) in [7, 11) is 0. The molecule has 70 valence electrons. The highest BCUT2D eigenvalue weighted by Crippen LogP contribution is 2.33. The molecule has 1 aliphatic heterocycles. The van der Waals surface area contributed by atoms with Crippen LogP contribution in [0.5, 0.6) is 0 Å². The molecule has 0 radical (unpaired) electrons. The van der Waals surface area contributed by atoms with E-state index in [1.807, 2.05) is 4.90 Å². The summed E-state index contributed by atoms with van der Waals surface area (Å²) in [6, 6.07) is 0. The first-order chi connectivity index (χ1) is 5.46. The molecule has 1 heterocycles.